The number of carbonyl (C=O) groups is 2. The number of likely N-dealkylation sites (N-methyl/N-ethyl adjacent to an activating group) is 1. The van der Waals surface area contributed by atoms with Gasteiger partial charge >= 0.3 is 6.09 Å². The molecule has 2 atom stereocenters. The molecule has 0 N–H and O–H groups in total. The number of carbonyl (C=O) groups excluding carboxylic acids is 2. The van der Waals surface area contributed by atoms with E-state index < -0.39 is 5.60 Å². The van der Waals surface area contributed by atoms with E-state index in [1.807, 2.05) is 34.7 Å². The molecule has 2 unspecified atom stereocenters. The fourth-order valence-electron chi connectivity index (χ4n) is 2.48. The third kappa shape index (κ3) is 4.39. The van der Waals surface area contributed by atoms with E-state index in [4.69, 9.17) is 4.74 Å². The lowest BCUT2D eigenvalue weighted by Gasteiger charge is -2.41. The van der Waals surface area contributed by atoms with Crippen LogP contribution >= 0.6 is 0 Å². The molecule has 0 saturated carbocycles. The van der Waals surface area contributed by atoms with Crippen molar-refractivity contribution in [3.8, 4) is 0 Å². The van der Waals surface area contributed by atoms with Crippen LogP contribution in [0.25, 0.3) is 0 Å². The quantitative estimate of drug-likeness (QED) is 0.783. The molecule has 1 rings (SSSR count). The molecular weight excluding hydrogens is 256 g/mol. The number of hydrogen-bond donors (Lipinski definition) is 0. The van der Waals surface area contributed by atoms with Gasteiger partial charge in [-0.2, -0.15) is 0 Å². The largest absolute Gasteiger partial charge is 0.444 e. The highest BCUT2D eigenvalue weighted by molar-refractivity contribution is 5.76. The summed E-state index contributed by atoms with van der Waals surface area (Å²) in [6, 6.07) is 0.0729. The molecule has 1 aliphatic rings. The molecule has 0 spiro atoms. The Kier molecular flexibility index (Phi) is 5.42. The lowest BCUT2D eigenvalue weighted by Crippen LogP contribution is -2.54. The molecule has 2 amide bonds. The zero-order chi connectivity index (χ0) is 15.5. The average Bonchev–Trinajstić information content (AvgIpc) is 2.35. The van der Waals surface area contributed by atoms with E-state index in [0.717, 1.165) is 6.42 Å². The Hall–Kier alpha value is -1.26. The molecule has 0 aromatic heterocycles. The van der Waals surface area contributed by atoms with Gasteiger partial charge in [0.05, 0.1) is 6.04 Å². The van der Waals surface area contributed by atoms with Gasteiger partial charge in [0.1, 0.15) is 5.60 Å². The maximum Gasteiger partial charge on any atom is 0.410 e. The zero-order valence-corrected chi connectivity index (χ0v) is 13.6. The summed E-state index contributed by atoms with van der Waals surface area (Å²) in [7, 11) is 1.82. The highest BCUT2D eigenvalue weighted by Gasteiger charge is 2.34. The summed E-state index contributed by atoms with van der Waals surface area (Å²) in [5.41, 5.74) is -0.485. The van der Waals surface area contributed by atoms with Crippen molar-refractivity contribution in [2.45, 2.75) is 59.1 Å². The fourth-order valence-corrected chi connectivity index (χ4v) is 2.48. The fraction of sp³-hybridized carbons (Fsp3) is 0.867. The van der Waals surface area contributed by atoms with Crippen molar-refractivity contribution in [3.05, 3.63) is 0 Å². The first-order chi connectivity index (χ1) is 9.15. The Morgan fingerprint density at radius 3 is 2.45 bits per heavy atom. The van der Waals surface area contributed by atoms with Crippen LogP contribution in [0.2, 0.25) is 0 Å². The van der Waals surface area contributed by atoms with Gasteiger partial charge in [0.25, 0.3) is 0 Å². The number of nitrogens with zero attached hydrogens (tertiary/aromatic N) is 2. The second-order valence-corrected chi connectivity index (χ2v) is 6.62. The Labute approximate surface area is 122 Å². The molecule has 5 nitrogen and oxygen atoms in total. The van der Waals surface area contributed by atoms with Crippen molar-refractivity contribution >= 4 is 12.0 Å². The number of ether oxygens (including phenoxy) is 1. The van der Waals surface area contributed by atoms with Crippen LogP contribution in [0.4, 0.5) is 4.79 Å². The van der Waals surface area contributed by atoms with Crippen LogP contribution in [0.3, 0.4) is 0 Å². The van der Waals surface area contributed by atoms with Gasteiger partial charge in [-0.25, -0.2) is 4.79 Å². The normalized spacial score (nSPS) is 23.4. The van der Waals surface area contributed by atoms with Gasteiger partial charge < -0.3 is 14.5 Å². The monoisotopic (exact) mass is 284 g/mol. The minimum atomic E-state index is -0.485. The molecule has 1 saturated heterocycles. The predicted molar refractivity (Wildman–Crippen MR) is 78.4 cm³/mol. The second-order valence-electron chi connectivity index (χ2n) is 6.62. The van der Waals surface area contributed by atoms with E-state index in [-0.39, 0.29) is 18.0 Å². The number of rotatable bonds is 2. The Morgan fingerprint density at radius 2 is 1.95 bits per heavy atom. The van der Waals surface area contributed by atoms with Crippen LogP contribution in [0.1, 0.15) is 47.5 Å². The first-order valence-electron chi connectivity index (χ1n) is 7.39. The van der Waals surface area contributed by atoms with E-state index >= 15 is 0 Å². The number of likely N-dealkylation sites (tertiary alicyclic amines) is 1. The minimum Gasteiger partial charge on any atom is -0.444 e. The third-order valence-corrected chi connectivity index (χ3v) is 3.76. The van der Waals surface area contributed by atoms with Gasteiger partial charge in [-0.15, -0.1) is 0 Å². The highest BCUT2D eigenvalue weighted by atomic mass is 16.6. The molecule has 0 aromatic carbocycles. The Morgan fingerprint density at radius 1 is 1.35 bits per heavy atom. The SMILES string of the molecule is CCC(=O)N(C)C1CN(C(=O)OC(C)(C)C)CCC1C. The van der Waals surface area contributed by atoms with Crippen molar-refractivity contribution in [1.82, 2.24) is 9.80 Å². The molecule has 1 heterocycles. The Balaban J connectivity index is 2.70. The van der Waals surface area contributed by atoms with Crippen LogP contribution in [-0.2, 0) is 9.53 Å². The van der Waals surface area contributed by atoms with E-state index in [1.54, 1.807) is 9.80 Å². The van der Waals surface area contributed by atoms with Crippen molar-refractivity contribution in [2.24, 2.45) is 5.92 Å². The summed E-state index contributed by atoms with van der Waals surface area (Å²) >= 11 is 0. The van der Waals surface area contributed by atoms with E-state index in [0.29, 0.717) is 25.4 Å². The molecule has 0 bridgehead atoms. The zero-order valence-electron chi connectivity index (χ0n) is 13.6. The van der Waals surface area contributed by atoms with Gasteiger partial charge in [-0.1, -0.05) is 13.8 Å². The first-order valence-corrected chi connectivity index (χ1v) is 7.39. The van der Waals surface area contributed by atoms with Crippen molar-refractivity contribution in [3.63, 3.8) is 0 Å². The summed E-state index contributed by atoms with van der Waals surface area (Å²) in [6.07, 6.45) is 1.10. The lowest BCUT2D eigenvalue weighted by molar-refractivity contribution is -0.133. The summed E-state index contributed by atoms with van der Waals surface area (Å²) in [5.74, 6) is 0.516. The molecule has 0 aromatic rings. The van der Waals surface area contributed by atoms with Gasteiger partial charge in [0.2, 0.25) is 5.91 Å². The van der Waals surface area contributed by atoms with Crippen LogP contribution < -0.4 is 0 Å². The number of piperidine rings is 1. The smallest absolute Gasteiger partial charge is 0.410 e. The highest BCUT2D eigenvalue weighted by Crippen LogP contribution is 2.23. The predicted octanol–water partition coefficient (Wildman–Crippen LogP) is 2.50. The van der Waals surface area contributed by atoms with Gasteiger partial charge in [0.15, 0.2) is 0 Å². The molecule has 20 heavy (non-hydrogen) atoms. The third-order valence-electron chi connectivity index (χ3n) is 3.76. The van der Waals surface area contributed by atoms with E-state index in [9.17, 15) is 9.59 Å². The van der Waals surface area contributed by atoms with Crippen LogP contribution in [0.15, 0.2) is 0 Å². The molecule has 0 aliphatic carbocycles. The lowest BCUT2D eigenvalue weighted by atomic mass is 9.92. The van der Waals surface area contributed by atoms with Crippen molar-refractivity contribution < 1.29 is 14.3 Å². The summed E-state index contributed by atoms with van der Waals surface area (Å²) < 4.78 is 5.41. The van der Waals surface area contributed by atoms with Crippen LogP contribution in [-0.4, -0.2) is 53.6 Å². The topological polar surface area (TPSA) is 49.9 Å². The summed E-state index contributed by atoms with van der Waals surface area (Å²) in [5, 5.41) is 0. The maximum atomic E-state index is 12.1. The molecule has 1 aliphatic heterocycles. The summed E-state index contributed by atoms with van der Waals surface area (Å²) in [4.78, 5) is 27.5. The van der Waals surface area contributed by atoms with E-state index in [1.165, 1.54) is 0 Å². The molecule has 1 fully saturated rings. The van der Waals surface area contributed by atoms with Crippen molar-refractivity contribution in [2.75, 3.05) is 20.1 Å². The minimum absolute atomic E-state index is 0.0729. The number of hydrogen-bond acceptors (Lipinski definition) is 3. The molecule has 5 heteroatoms. The molecule has 0 radical (unpaired) electrons. The van der Waals surface area contributed by atoms with Gasteiger partial charge in [0, 0.05) is 26.6 Å². The average molecular weight is 284 g/mol. The van der Waals surface area contributed by atoms with Gasteiger partial charge in [-0.05, 0) is 33.1 Å². The number of amides is 2. The maximum absolute atomic E-state index is 12.1. The first kappa shape index (κ1) is 16.8. The molecule has 116 valence electrons. The molecular formula is C15H28N2O3. The van der Waals surface area contributed by atoms with Gasteiger partial charge in [-0.3, -0.25) is 4.79 Å². The summed E-state index contributed by atoms with van der Waals surface area (Å²) in [6.45, 7) is 10.8. The Bertz CT molecular complexity index is 363. The second kappa shape index (κ2) is 6.46. The van der Waals surface area contributed by atoms with Crippen molar-refractivity contribution in [1.29, 1.82) is 0 Å². The standard InChI is InChI=1S/C15H28N2O3/c1-7-13(18)16(6)12-10-17(9-8-11(12)2)14(19)20-15(3,4)5/h11-12H,7-10H2,1-6H3. The van der Waals surface area contributed by atoms with E-state index in [2.05, 4.69) is 6.92 Å². The van der Waals surface area contributed by atoms with Crippen LogP contribution in [0.5, 0.6) is 0 Å². The van der Waals surface area contributed by atoms with Crippen LogP contribution in [0, 0.1) is 5.92 Å².